The van der Waals surface area contributed by atoms with Crippen molar-refractivity contribution in [2.24, 2.45) is 34.5 Å². The van der Waals surface area contributed by atoms with Gasteiger partial charge in [-0.3, -0.25) is 14.4 Å². The molecule has 4 aliphatic carbocycles. The first-order valence-electron chi connectivity index (χ1n) is 12.3. The van der Waals surface area contributed by atoms with Gasteiger partial charge in [0.1, 0.15) is 0 Å². The molecule has 0 spiro atoms. The quantitative estimate of drug-likeness (QED) is 0.442. The number of esters is 1. The van der Waals surface area contributed by atoms with Crippen LogP contribution < -0.4 is 0 Å². The summed E-state index contributed by atoms with van der Waals surface area (Å²) in [5.74, 6) is -1.08. The third-order valence-electron chi connectivity index (χ3n) is 10.0. The highest BCUT2D eigenvalue weighted by molar-refractivity contribution is 6.29. The molecule has 0 aromatic rings. The van der Waals surface area contributed by atoms with Crippen LogP contribution in [-0.4, -0.2) is 45.1 Å². The van der Waals surface area contributed by atoms with Crippen molar-refractivity contribution in [2.75, 3.05) is 5.88 Å². The summed E-state index contributed by atoms with van der Waals surface area (Å²) in [7, 11) is 0. The van der Waals surface area contributed by atoms with E-state index in [9.17, 15) is 19.5 Å². The fourth-order valence-electron chi connectivity index (χ4n) is 8.51. The van der Waals surface area contributed by atoms with E-state index >= 15 is 0 Å². The van der Waals surface area contributed by atoms with Crippen LogP contribution in [0.25, 0.3) is 0 Å². The van der Waals surface area contributed by atoms with Crippen molar-refractivity contribution >= 4 is 40.7 Å². The van der Waals surface area contributed by atoms with Gasteiger partial charge in [-0.05, 0) is 49.5 Å². The van der Waals surface area contributed by atoms with Gasteiger partial charge in [-0.2, -0.15) is 0 Å². The highest BCUT2D eigenvalue weighted by Crippen LogP contribution is 2.73. The number of hydrogen-bond donors (Lipinski definition) is 1. The highest BCUT2D eigenvalue weighted by Gasteiger charge is 2.76. The molecule has 3 unspecified atom stereocenters. The molecule has 0 heterocycles. The number of carbonyl (C=O) groups excluding carboxylic acids is 3. The molecule has 0 radical (unpaired) electrons. The number of fused-ring (bicyclic) bond motifs is 5. The number of halogens is 2. The summed E-state index contributed by atoms with van der Waals surface area (Å²) in [6.45, 7) is 9.88. The van der Waals surface area contributed by atoms with Crippen molar-refractivity contribution in [3.05, 3.63) is 11.6 Å². The van der Waals surface area contributed by atoms with Crippen molar-refractivity contribution in [3.63, 3.8) is 0 Å². The number of alkyl halides is 2. The summed E-state index contributed by atoms with van der Waals surface area (Å²) >= 11 is 13.6. The predicted octanol–water partition coefficient (Wildman–Crippen LogP) is 4.84. The van der Waals surface area contributed by atoms with Gasteiger partial charge in [0.25, 0.3) is 0 Å². The lowest BCUT2D eigenvalue weighted by Crippen LogP contribution is -2.70. The summed E-state index contributed by atoms with van der Waals surface area (Å²) in [6.07, 6.45) is 3.65. The molecule has 5 nitrogen and oxygen atoms in total. The third-order valence-corrected chi connectivity index (χ3v) is 11.2. The van der Waals surface area contributed by atoms with Crippen molar-refractivity contribution in [1.82, 2.24) is 0 Å². The topological polar surface area (TPSA) is 80.7 Å². The van der Waals surface area contributed by atoms with Crippen molar-refractivity contribution in [1.29, 1.82) is 0 Å². The molecule has 0 bridgehead atoms. The predicted molar refractivity (Wildman–Crippen MR) is 127 cm³/mol. The minimum atomic E-state index is -1.38. The molecule has 0 aromatic carbocycles. The summed E-state index contributed by atoms with van der Waals surface area (Å²) < 4.78 is 6.04. The minimum Gasteiger partial charge on any atom is -0.450 e. The first-order chi connectivity index (χ1) is 15.3. The van der Waals surface area contributed by atoms with Gasteiger partial charge in [0.2, 0.25) is 0 Å². The molecule has 0 aliphatic heterocycles. The number of aliphatic hydroxyl groups excluding tert-OH is 1. The van der Waals surface area contributed by atoms with Gasteiger partial charge >= 0.3 is 5.97 Å². The van der Waals surface area contributed by atoms with Gasteiger partial charge in [-0.15, -0.1) is 23.2 Å². The molecule has 3 saturated carbocycles. The number of rotatable bonds is 4. The first-order valence-corrected chi connectivity index (χ1v) is 13.2. The van der Waals surface area contributed by atoms with Crippen molar-refractivity contribution < 1.29 is 24.2 Å². The highest BCUT2D eigenvalue weighted by atomic mass is 35.5. The van der Waals surface area contributed by atoms with E-state index in [0.29, 0.717) is 19.3 Å². The number of ketones is 2. The molecule has 9 atom stereocenters. The molecule has 4 aliphatic rings. The zero-order valence-electron chi connectivity index (χ0n) is 20.2. The average Bonchev–Trinajstić information content (AvgIpc) is 2.98. The number of Topliss-reactive ketones (excluding diaryl/α,β-unsaturated/α-hetero) is 1. The standard InChI is InChI=1S/C26H36Cl2O5/c1-6-22(32)33-26(21(31)13-27)15(3)10-18-19-9-14(2)17-11-16(29)7-8-23(17,4)25(19,28)20(30)12-24(18,26)5/h11,14-15,18-20,30H,6-10,12-13H2,1-5H3/t14?,15?,18-,19-,20?,23-,24-,25-,26-/m0/s1. The van der Waals surface area contributed by atoms with Crippen LogP contribution in [0.3, 0.4) is 0 Å². The Balaban J connectivity index is 1.87. The Kier molecular flexibility index (Phi) is 6.15. The smallest absolute Gasteiger partial charge is 0.306 e. The van der Waals surface area contributed by atoms with E-state index in [0.717, 1.165) is 12.0 Å². The summed E-state index contributed by atoms with van der Waals surface area (Å²) in [5, 5.41) is 11.8. The third kappa shape index (κ3) is 3.04. The van der Waals surface area contributed by atoms with Crippen molar-refractivity contribution in [3.8, 4) is 0 Å². The van der Waals surface area contributed by atoms with E-state index in [1.54, 1.807) is 13.0 Å². The monoisotopic (exact) mass is 498 g/mol. The van der Waals surface area contributed by atoms with E-state index < -0.39 is 33.4 Å². The maximum atomic E-state index is 13.4. The van der Waals surface area contributed by atoms with Gasteiger partial charge in [0, 0.05) is 29.6 Å². The maximum absolute atomic E-state index is 13.4. The van der Waals surface area contributed by atoms with E-state index in [4.69, 9.17) is 27.9 Å². The Bertz CT molecular complexity index is 916. The molecular formula is C26H36Cl2O5. The number of hydrogen-bond acceptors (Lipinski definition) is 5. The van der Waals surface area contributed by atoms with Gasteiger partial charge < -0.3 is 9.84 Å². The summed E-state index contributed by atoms with van der Waals surface area (Å²) in [4.78, 5) is 37.3. The van der Waals surface area contributed by atoms with E-state index in [1.807, 2.05) is 13.8 Å². The lowest BCUT2D eigenvalue weighted by molar-refractivity contribution is -0.202. The number of ether oxygens (including phenoxy) is 1. The van der Waals surface area contributed by atoms with Crippen LogP contribution in [0.5, 0.6) is 0 Å². The van der Waals surface area contributed by atoms with Gasteiger partial charge in [-0.25, -0.2) is 0 Å². The fraction of sp³-hybridized carbons (Fsp3) is 0.808. The van der Waals surface area contributed by atoms with Crippen LogP contribution in [-0.2, 0) is 19.1 Å². The Morgan fingerprint density at radius 1 is 1.21 bits per heavy atom. The molecule has 3 fully saturated rings. The largest absolute Gasteiger partial charge is 0.450 e. The van der Waals surface area contributed by atoms with Gasteiger partial charge in [0.05, 0.1) is 16.9 Å². The Labute approximate surface area is 206 Å². The van der Waals surface area contributed by atoms with Crippen LogP contribution in [0, 0.1) is 34.5 Å². The SMILES string of the molecule is CCC(=O)O[C@]1(C(=O)CCl)C(C)C[C@H]2[C@@H]3CC(C)C4=CC(=O)CC[C@]4(C)[C@@]3(Cl)C(O)C[C@@]21C. The lowest BCUT2D eigenvalue weighted by atomic mass is 9.43. The molecule has 1 N–H and O–H groups in total. The fourth-order valence-corrected chi connectivity index (χ4v) is 9.23. The van der Waals surface area contributed by atoms with Crippen LogP contribution in [0.1, 0.15) is 73.1 Å². The molecule has 0 saturated heterocycles. The number of carbonyl (C=O) groups is 3. The van der Waals surface area contributed by atoms with E-state index in [-0.39, 0.29) is 54.0 Å². The van der Waals surface area contributed by atoms with Crippen LogP contribution in [0.15, 0.2) is 11.6 Å². The molecule has 4 rings (SSSR count). The molecular weight excluding hydrogens is 463 g/mol. The second kappa shape index (κ2) is 8.06. The van der Waals surface area contributed by atoms with Crippen LogP contribution in [0.2, 0.25) is 0 Å². The lowest BCUT2D eigenvalue weighted by Gasteiger charge is -2.66. The molecule has 0 aromatic heterocycles. The average molecular weight is 499 g/mol. The van der Waals surface area contributed by atoms with Crippen LogP contribution >= 0.6 is 23.2 Å². The number of aliphatic hydroxyl groups is 1. The first kappa shape index (κ1) is 25.2. The second-order valence-electron chi connectivity index (χ2n) is 11.4. The normalized spacial score (nSPS) is 48.9. The summed E-state index contributed by atoms with van der Waals surface area (Å²) in [6, 6.07) is 0. The van der Waals surface area contributed by atoms with E-state index in [2.05, 4.69) is 13.8 Å². The zero-order chi connectivity index (χ0) is 24.6. The molecule has 7 heteroatoms. The van der Waals surface area contributed by atoms with Gasteiger partial charge in [-0.1, -0.05) is 40.2 Å². The Morgan fingerprint density at radius 3 is 2.48 bits per heavy atom. The molecule has 0 amide bonds. The maximum Gasteiger partial charge on any atom is 0.306 e. The minimum absolute atomic E-state index is 0.0244. The zero-order valence-corrected chi connectivity index (χ0v) is 21.8. The summed E-state index contributed by atoms with van der Waals surface area (Å²) in [5.41, 5.74) is -1.64. The van der Waals surface area contributed by atoms with E-state index in [1.165, 1.54) is 0 Å². The molecule has 184 valence electrons. The number of allylic oxidation sites excluding steroid dienone is 1. The van der Waals surface area contributed by atoms with Crippen LogP contribution in [0.4, 0.5) is 0 Å². The Hall–Kier alpha value is -0.910. The molecule has 33 heavy (non-hydrogen) atoms. The Morgan fingerprint density at radius 2 is 1.88 bits per heavy atom. The van der Waals surface area contributed by atoms with Crippen molar-refractivity contribution in [2.45, 2.75) is 89.7 Å². The van der Waals surface area contributed by atoms with Gasteiger partial charge in [0.15, 0.2) is 17.2 Å². The second-order valence-corrected chi connectivity index (χ2v) is 12.3.